The van der Waals surface area contributed by atoms with Gasteiger partial charge in [-0.05, 0) is 98.0 Å². The van der Waals surface area contributed by atoms with Crippen molar-refractivity contribution in [2.75, 3.05) is 167 Å². The van der Waals surface area contributed by atoms with E-state index < -0.39 is 11.9 Å². The number of piperidine rings is 1. The number of aryl methyl sites for hydroxylation is 2. The van der Waals surface area contributed by atoms with Crippen LogP contribution in [0.4, 0.5) is 33.5 Å². The number of benzene rings is 4. The van der Waals surface area contributed by atoms with Crippen molar-refractivity contribution >= 4 is 80.9 Å². The van der Waals surface area contributed by atoms with E-state index >= 15 is 0 Å². The number of unbranched alkanes of at least 4 members (excludes halogenated alkanes) is 5. The van der Waals surface area contributed by atoms with Gasteiger partial charge in [-0.2, -0.15) is 0 Å². The van der Waals surface area contributed by atoms with Gasteiger partial charge in [-0.15, -0.1) is 0 Å². The molecular formula is C72H96ClN11O14. The van der Waals surface area contributed by atoms with E-state index in [4.69, 9.17) is 59.2 Å². The van der Waals surface area contributed by atoms with Gasteiger partial charge in [-0.25, -0.2) is 14.8 Å². The number of likely N-dealkylation sites (N-methyl/N-ethyl adjacent to an activating group) is 2. The number of fused-ring (bicyclic) bond motifs is 2. The molecule has 4 aromatic carbocycles. The minimum Gasteiger partial charge on any atom is -0.494 e. The molecule has 1 unspecified atom stereocenters. The summed E-state index contributed by atoms with van der Waals surface area (Å²) < 4.78 is 53.2. The van der Waals surface area contributed by atoms with Gasteiger partial charge in [0.25, 0.3) is 5.91 Å². The quantitative estimate of drug-likeness (QED) is 0.0135. The molecule has 1 fully saturated rings. The van der Waals surface area contributed by atoms with Crippen LogP contribution in [0.3, 0.4) is 0 Å². The average molecular weight is 1380 g/mol. The minimum atomic E-state index is -0.680. The molecule has 6 aromatic rings. The van der Waals surface area contributed by atoms with Crippen LogP contribution in [0, 0.1) is 0 Å². The zero-order valence-electron chi connectivity index (χ0n) is 57.0. The highest BCUT2D eigenvalue weighted by molar-refractivity contribution is 6.31. The van der Waals surface area contributed by atoms with Crippen LogP contribution in [0.15, 0.2) is 104 Å². The van der Waals surface area contributed by atoms with Crippen molar-refractivity contribution in [3.63, 3.8) is 0 Å². The number of nitrogens with one attached hydrogen (secondary N) is 5. The fourth-order valence-corrected chi connectivity index (χ4v) is 11.5. The maximum atomic E-state index is 13.0. The number of hydrogen-bond acceptors (Lipinski definition) is 19. The Morgan fingerprint density at radius 1 is 0.694 bits per heavy atom. The summed E-state index contributed by atoms with van der Waals surface area (Å²) in [5, 5.41) is 16.0. The van der Waals surface area contributed by atoms with E-state index in [2.05, 4.69) is 70.8 Å². The molecule has 0 bridgehead atoms. The van der Waals surface area contributed by atoms with Crippen LogP contribution >= 0.6 is 11.6 Å². The summed E-state index contributed by atoms with van der Waals surface area (Å²) in [4.78, 5) is 77.6. The van der Waals surface area contributed by atoms with Gasteiger partial charge in [0.15, 0.2) is 0 Å². The topological polar surface area (TPSA) is 269 Å². The van der Waals surface area contributed by atoms with Crippen LogP contribution < -0.4 is 36.2 Å². The fourth-order valence-electron chi connectivity index (χ4n) is 11.3. The van der Waals surface area contributed by atoms with Crippen molar-refractivity contribution in [3.05, 3.63) is 131 Å². The molecule has 2 aliphatic heterocycles. The summed E-state index contributed by atoms with van der Waals surface area (Å²) >= 11 is 6.43. The highest BCUT2D eigenvalue weighted by Crippen LogP contribution is 2.39. The number of carbonyl (C=O) groups is 5. The van der Waals surface area contributed by atoms with Crippen molar-refractivity contribution < 1.29 is 66.6 Å². The molecule has 25 nitrogen and oxygen atoms in total. The summed E-state index contributed by atoms with van der Waals surface area (Å²) in [6.07, 6.45) is 12.8. The van der Waals surface area contributed by atoms with Crippen molar-refractivity contribution in [1.82, 2.24) is 35.0 Å². The number of ether oxygens (including phenoxy) is 9. The number of urea groups is 1. The molecule has 98 heavy (non-hydrogen) atoms. The Kier molecular flexibility index (Phi) is 31.9. The average Bonchev–Trinajstić information content (AvgIpc) is 1.68. The Bertz CT molecular complexity index is 3540. The smallest absolute Gasteiger partial charge is 0.319 e. The summed E-state index contributed by atoms with van der Waals surface area (Å²) in [6, 6.07) is 23.7. The molecule has 0 aliphatic carbocycles. The highest BCUT2D eigenvalue weighted by atomic mass is 35.5. The summed E-state index contributed by atoms with van der Waals surface area (Å²) in [6.45, 7) is 14.2. The molecule has 8 rings (SSSR count). The second kappa shape index (κ2) is 41.4. The lowest BCUT2D eigenvalue weighted by Gasteiger charge is -2.29. The molecule has 4 heterocycles. The largest absolute Gasteiger partial charge is 0.494 e. The Labute approximate surface area is 579 Å². The third-order valence-corrected chi connectivity index (χ3v) is 16.8. The number of methoxy groups -OCH3 is 1. The normalized spacial score (nSPS) is 13.7. The van der Waals surface area contributed by atoms with Gasteiger partial charge in [0, 0.05) is 111 Å². The van der Waals surface area contributed by atoms with Crippen LogP contribution in [0.5, 0.6) is 5.75 Å². The first-order valence-electron chi connectivity index (χ1n) is 33.7. The predicted molar refractivity (Wildman–Crippen MR) is 378 cm³/mol. The SMILES string of the molecule is C=CC(=O)Nc1cc(Nc2nccc(-c3cn(C)c4ccccc34)n2)c(OC)cc1N(C)CCN(C)CCOCCOCCOCCOCCOCCOCCOCCOCCCCCCCCc1cc(Cl)cc(NC(=O)NCc2ccc3c(c2)CN(C2CCC(=O)NC2=O)C3=O)c1. The number of imide groups is 1. The Morgan fingerprint density at radius 3 is 2.00 bits per heavy atom. The lowest BCUT2D eigenvalue weighted by Crippen LogP contribution is -2.52. The first-order valence-corrected chi connectivity index (χ1v) is 34.1. The zero-order chi connectivity index (χ0) is 69.3. The molecule has 2 aliphatic rings. The number of halogens is 1. The van der Waals surface area contributed by atoms with E-state index in [1.807, 2.05) is 69.7 Å². The van der Waals surface area contributed by atoms with Crippen LogP contribution in [-0.4, -0.2) is 207 Å². The predicted octanol–water partition coefficient (Wildman–Crippen LogP) is 9.33. The van der Waals surface area contributed by atoms with Gasteiger partial charge >= 0.3 is 6.03 Å². The van der Waals surface area contributed by atoms with Crippen molar-refractivity contribution in [1.29, 1.82) is 0 Å². The Balaban J connectivity index is 0.543. The first-order chi connectivity index (χ1) is 47.8. The lowest BCUT2D eigenvalue weighted by molar-refractivity contribution is -0.137. The molecule has 0 radical (unpaired) electrons. The minimum absolute atomic E-state index is 0.194. The van der Waals surface area contributed by atoms with E-state index in [1.165, 1.54) is 11.0 Å². The van der Waals surface area contributed by atoms with Gasteiger partial charge in [0.05, 0.1) is 129 Å². The van der Waals surface area contributed by atoms with Gasteiger partial charge in [-0.3, -0.25) is 24.5 Å². The maximum Gasteiger partial charge on any atom is 0.319 e. The number of anilines is 5. The molecule has 1 saturated heterocycles. The van der Waals surface area contributed by atoms with Gasteiger partial charge < -0.3 is 83.2 Å². The molecule has 2 aromatic heterocycles. The Hall–Kier alpha value is -8.08. The molecular weight excluding hydrogens is 1280 g/mol. The third-order valence-electron chi connectivity index (χ3n) is 16.5. The number of nitrogens with zero attached hydrogens (tertiary/aromatic N) is 6. The number of para-hydroxylation sites is 1. The van der Waals surface area contributed by atoms with E-state index in [-0.39, 0.29) is 43.3 Å². The molecule has 1 atom stereocenters. The van der Waals surface area contributed by atoms with Crippen molar-refractivity contribution in [2.45, 2.75) is 76.9 Å². The van der Waals surface area contributed by atoms with E-state index in [9.17, 15) is 24.0 Å². The molecule has 530 valence electrons. The van der Waals surface area contributed by atoms with Crippen LogP contribution in [0.25, 0.3) is 22.2 Å². The van der Waals surface area contributed by atoms with Crippen LogP contribution in [0.2, 0.25) is 5.02 Å². The molecule has 5 N–H and O–H groups in total. The van der Waals surface area contributed by atoms with E-state index in [0.717, 1.165) is 103 Å². The van der Waals surface area contributed by atoms with Crippen LogP contribution in [0.1, 0.15) is 78.4 Å². The van der Waals surface area contributed by atoms with Crippen LogP contribution in [-0.2, 0) is 78.8 Å². The number of rotatable bonds is 47. The first kappa shape index (κ1) is 75.7. The van der Waals surface area contributed by atoms with E-state index in [0.29, 0.717) is 158 Å². The monoisotopic (exact) mass is 1370 g/mol. The molecule has 0 spiro atoms. The fraction of sp³-hybridized carbons (Fsp3) is 0.486. The van der Waals surface area contributed by atoms with Crippen molar-refractivity contribution in [2.24, 2.45) is 7.05 Å². The number of aromatic nitrogens is 3. The standard InChI is InChI=1S/C72H96ClN11O14/c1-6-67(85)77-61-47-62(79-71-74-23-22-60(78-71)59-51-83(4)63-17-13-12-16-58(59)63)66(90-5)48-65(61)82(3)25-24-81(2)26-28-92-30-32-94-34-36-96-38-40-98-42-41-97-39-37-95-35-33-93-31-29-91-27-14-10-8-7-9-11-15-52-44-55(73)46-56(45-52)76-72(89)75-49-53-18-19-57-54(43-53)50-84(70(57)88)64-20-21-68(86)80-69(64)87/h6,12-13,16-19,22-23,43-48,51,64H,1,7-11,14-15,20-21,24-42,49-50H2,2-5H3,(H,77,85)(H,74,78,79)(H2,75,76,89)(H,80,86,87). The summed E-state index contributed by atoms with van der Waals surface area (Å²) in [5.41, 5.74) is 8.57. The number of carbonyl (C=O) groups excluding carboxylic acids is 5. The molecule has 0 saturated carbocycles. The zero-order valence-corrected chi connectivity index (χ0v) is 57.8. The van der Waals surface area contributed by atoms with E-state index in [1.54, 1.807) is 31.5 Å². The summed E-state index contributed by atoms with van der Waals surface area (Å²) in [7, 11) is 7.62. The number of hydrogen-bond donors (Lipinski definition) is 5. The second-order valence-corrected chi connectivity index (χ2v) is 24.3. The third kappa shape index (κ3) is 24.7. The number of amides is 6. The maximum absolute atomic E-state index is 13.0. The highest BCUT2D eigenvalue weighted by Gasteiger charge is 2.39. The van der Waals surface area contributed by atoms with Gasteiger partial charge in [0.1, 0.15) is 11.8 Å². The summed E-state index contributed by atoms with van der Waals surface area (Å²) in [5.74, 6) is -0.419. The lowest BCUT2D eigenvalue weighted by atomic mass is 10.0. The molecule has 26 heteroatoms. The van der Waals surface area contributed by atoms with Gasteiger partial charge in [0.2, 0.25) is 23.7 Å². The molecule has 6 amide bonds. The van der Waals surface area contributed by atoms with Crippen molar-refractivity contribution in [3.8, 4) is 17.0 Å². The Morgan fingerprint density at radius 2 is 1.34 bits per heavy atom. The second-order valence-electron chi connectivity index (χ2n) is 23.9. The van der Waals surface area contributed by atoms with Gasteiger partial charge in [-0.1, -0.05) is 74.2 Å².